The number of amides is 1. The molecule has 0 aromatic carbocycles. The molecule has 1 N–H and O–H groups in total. The standard InChI is InChI=1S/C45H92N4O7/c1-4-7-10-23-36-52-41-30-46-29-19-13-14-20-31-48(32-21-15-17-26-39-55-43-53-37-24-11-8-5-2)34-28-35-49(42-45(50)47-51)33-22-16-18-27-40-56-44-54-38-25-12-9-6-3/h46H,4-44H2,1-3H3. The van der Waals surface area contributed by atoms with E-state index in [1.165, 1.54) is 109 Å². The maximum Gasteiger partial charge on any atom is 0.300 e. The van der Waals surface area contributed by atoms with Crippen LogP contribution in [-0.2, 0) is 28.5 Å². The number of carbonyl (C=O) groups is 1. The maximum absolute atomic E-state index is 12.0. The number of nitrogens with zero attached hydrogens (tertiary/aromatic N) is 3. The first-order chi connectivity index (χ1) is 27.7. The van der Waals surface area contributed by atoms with Crippen molar-refractivity contribution < 1.29 is 28.5 Å². The first-order valence-electron chi connectivity index (χ1n) is 23.6. The molecular weight excluding hydrogens is 709 g/mol. The van der Waals surface area contributed by atoms with Crippen LogP contribution in [0.3, 0.4) is 0 Å². The molecule has 0 aliphatic rings. The number of unbranched alkanes of at least 4 members (excludes halogenated alkanes) is 18. The van der Waals surface area contributed by atoms with E-state index in [9.17, 15) is 9.70 Å². The molecule has 0 aliphatic heterocycles. The number of nitroso groups, excluding NO2 is 1. The van der Waals surface area contributed by atoms with Gasteiger partial charge in [0, 0.05) is 44.8 Å². The molecule has 0 radical (unpaired) electrons. The molecule has 11 heteroatoms. The summed E-state index contributed by atoms with van der Waals surface area (Å²) in [6.07, 6.45) is 29.4. The minimum Gasteiger partial charge on any atom is -0.380 e. The van der Waals surface area contributed by atoms with Gasteiger partial charge in [0.1, 0.15) is 13.6 Å². The normalized spacial score (nSPS) is 11.7. The van der Waals surface area contributed by atoms with Crippen LogP contribution in [-0.4, -0.2) is 121 Å². The van der Waals surface area contributed by atoms with E-state index in [1.54, 1.807) is 0 Å². The van der Waals surface area contributed by atoms with Crippen molar-refractivity contribution in [2.45, 2.75) is 181 Å². The van der Waals surface area contributed by atoms with Crippen LogP contribution >= 0.6 is 0 Å². The van der Waals surface area contributed by atoms with E-state index in [-0.39, 0.29) is 6.54 Å². The molecular formula is C45H92N4O7. The predicted octanol–water partition coefficient (Wildman–Crippen LogP) is 10.3. The third-order valence-electron chi connectivity index (χ3n) is 10.2. The van der Waals surface area contributed by atoms with Crippen molar-refractivity contribution in [2.75, 3.05) is 106 Å². The summed E-state index contributed by atoms with van der Waals surface area (Å²) >= 11 is 0. The predicted molar refractivity (Wildman–Crippen MR) is 233 cm³/mol. The Morgan fingerprint density at radius 1 is 0.411 bits per heavy atom. The van der Waals surface area contributed by atoms with Crippen LogP contribution in [0.15, 0.2) is 5.18 Å². The molecule has 334 valence electrons. The van der Waals surface area contributed by atoms with Crippen LogP contribution in [0.25, 0.3) is 0 Å². The average Bonchev–Trinajstić information content (AvgIpc) is 3.20. The number of ether oxygens (including phenoxy) is 5. The lowest BCUT2D eigenvalue weighted by Gasteiger charge is -2.25. The van der Waals surface area contributed by atoms with Crippen LogP contribution in [0.5, 0.6) is 0 Å². The molecule has 0 rings (SSSR count). The van der Waals surface area contributed by atoms with Crippen molar-refractivity contribution in [2.24, 2.45) is 5.18 Å². The van der Waals surface area contributed by atoms with E-state index in [1.807, 2.05) is 0 Å². The molecule has 0 spiro atoms. The topological polar surface area (TPSA) is 111 Å². The van der Waals surface area contributed by atoms with Crippen LogP contribution in [0.4, 0.5) is 0 Å². The van der Waals surface area contributed by atoms with Gasteiger partial charge in [-0.3, -0.25) is 9.69 Å². The monoisotopic (exact) mass is 801 g/mol. The molecule has 11 nitrogen and oxygen atoms in total. The van der Waals surface area contributed by atoms with Crippen LogP contribution in [0.1, 0.15) is 181 Å². The third kappa shape index (κ3) is 44.1. The molecule has 0 unspecified atom stereocenters. The Morgan fingerprint density at radius 2 is 0.786 bits per heavy atom. The van der Waals surface area contributed by atoms with Gasteiger partial charge in [-0.1, -0.05) is 117 Å². The van der Waals surface area contributed by atoms with Crippen molar-refractivity contribution in [3.63, 3.8) is 0 Å². The van der Waals surface area contributed by atoms with Crippen molar-refractivity contribution in [1.82, 2.24) is 15.1 Å². The van der Waals surface area contributed by atoms with Crippen LogP contribution < -0.4 is 5.32 Å². The minimum absolute atomic E-state index is 0.118. The summed E-state index contributed by atoms with van der Waals surface area (Å²) in [7, 11) is 0. The highest BCUT2D eigenvalue weighted by atomic mass is 16.7. The molecule has 0 bridgehead atoms. The third-order valence-corrected chi connectivity index (χ3v) is 10.2. The summed E-state index contributed by atoms with van der Waals surface area (Å²) in [5.41, 5.74) is 0. The van der Waals surface area contributed by atoms with Gasteiger partial charge >= 0.3 is 0 Å². The van der Waals surface area contributed by atoms with Crippen LogP contribution in [0.2, 0.25) is 0 Å². The molecule has 0 heterocycles. The fourth-order valence-corrected chi connectivity index (χ4v) is 6.69. The van der Waals surface area contributed by atoms with Crippen molar-refractivity contribution in [1.29, 1.82) is 0 Å². The van der Waals surface area contributed by atoms with Gasteiger partial charge in [-0.15, -0.1) is 4.91 Å². The van der Waals surface area contributed by atoms with Gasteiger partial charge in [-0.25, -0.2) is 0 Å². The molecule has 0 fully saturated rings. The molecule has 0 aromatic rings. The van der Waals surface area contributed by atoms with Gasteiger partial charge in [-0.2, -0.15) is 0 Å². The van der Waals surface area contributed by atoms with Gasteiger partial charge in [-0.05, 0) is 103 Å². The van der Waals surface area contributed by atoms with E-state index >= 15 is 0 Å². The lowest BCUT2D eigenvalue weighted by molar-refractivity contribution is -0.119. The molecule has 0 aliphatic carbocycles. The second-order valence-corrected chi connectivity index (χ2v) is 15.6. The van der Waals surface area contributed by atoms with E-state index in [2.05, 4.69) is 41.1 Å². The van der Waals surface area contributed by atoms with Gasteiger partial charge in [0.2, 0.25) is 0 Å². The van der Waals surface area contributed by atoms with Gasteiger partial charge < -0.3 is 33.9 Å². The Hall–Kier alpha value is -1.05. The fourth-order valence-electron chi connectivity index (χ4n) is 6.69. The molecule has 0 atom stereocenters. The quantitative estimate of drug-likeness (QED) is 0.0363. The maximum atomic E-state index is 12.0. The lowest BCUT2D eigenvalue weighted by atomic mass is 10.1. The molecule has 56 heavy (non-hydrogen) atoms. The summed E-state index contributed by atoms with van der Waals surface area (Å²) in [6.45, 7) is 19.2. The van der Waals surface area contributed by atoms with E-state index in [0.29, 0.717) is 13.6 Å². The molecule has 1 amide bonds. The van der Waals surface area contributed by atoms with Crippen molar-refractivity contribution >= 4 is 5.91 Å². The summed E-state index contributed by atoms with van der Waals surface area (Å²) in [5.74, 6) is -0.572. The van der Waals surface area contributed by atoms with E-state index < -0.39 is 5.91 Å². The average molecular weight is 801 g/mol. The smallest absolute Gasteiger partial charge is 0.300 e. The second-order valence-electron chi connectivity index (χ2n) is 15.6. The summed E-state index contributed by atoms with van der Waals surface area (Å²) < 4.78 is 28.2. The second kappa shape index (κ2) is 48.3. The Labute approximate surface area is 345 Å². The highest BCUT2D eigenvalue weighted by molar-refractivity contribution is 5.78. The van der Waals surface area contributed by atoms with E-state index in [4.69, 9.17) is 23.7 Å². The molecule has 0 saturated carbocycles. The minimum atomic E-state index is -0.572. The zero-order valence-electron chi connectivity index (χ0n) is 37.2. The zero-order valence-corrected chi connectivity index (χ0v) is 37.2. The summed E-state index contributed by atoms with van der Waals surface area (Å²) in [5, 5.41) is 6.23. The fraction of sp³-hybridized carbons (Fsp3) is 0.978. The Bertz CT molecular complexity index is 783. The van der Waals surface area contributed by atoms with Crippen molar-refractivity contribution in [3.8, 4) is 0 Å². The highest BCUT2D eigenvalue weighted by Gasteiger charge is 2.12. The first kappa shape index (κ1) is 55.0. The van der Waals surface area contributed by atoms with Crippen molar-refractivity contribution in [3.05, 3.63) is 4.91 Å². The molecule has 0 aromatic heterocycles. The van der Waals surface area contributed by atoms with Gasteiger partial charge in [0.25, 0.3) is 5.91 Å². The zero-order chi connectivity index (χ0) is 40.7. The van der Waals surface area contributed by atoms with E-state index in [0.717, 1.165) is 137 Å². The number of rotatable bonds is 49. The summed E-state index contributed by atoms with van der Waals surface area (Å²) in [4.78, 5) is 27.7. The molecule has 0 saturated heterocycles. The SMILES string of the molecule is CCCCCCOCCNCCCCCCN(CCCCCCOCOCCCCCC)CCCN(CCCCCCOCOCCCCCC)CC(=O)N=O. The highest BCUT2D eigenvalue weighted by Crippen LogP contribution is 2.09. The Morgan fingerprint density at radius 3 is 1.25 bits per heavy atom. The number of nitrogens with one attached hydrogen (secondary N) is 1. The number of hydrogen-bond acceptors (Lipinski definition) is 10. The van der Waals surface area contributed by atoms with Gasteiger partial charge in [0.15, 0.2) is 0 Å². The lowest BCUT2D eigenvalue weighted by Crippen LogP contribution is -2.34. The number of carbonyl (C=O) groups excluding carboxylic acids is 1. The van der Waals surface area contributed by atoms with Crippen LogP contribution in [0, 0.1) is 4.91 Å². The largest absolute Gasteiger partial charge is 0.380 e. The summed E-state index contributed by atoms with van der Waals surface area (Å²) in [6, 6.07) is 0. The Balaban J connectivity index is 4.42. The number of hydrogen-bond donors (Lipinski definition) is 1. The Kier molecular flexibility index (Phi) is 47.4. The first-order valence-corrected chi connectivity index (χ1v) is 23.6. The van der Waals surface area contributed by atoms with Gasteiger partial charge in [0.05, 0.1) is 13.2 Å².